The van der Waals surface area contributed by atoms with E-state index in [9.17, 15) is 19.4 Å². The molecule has 46 heavy (non-hydrogen) atoms. The number of anilines is 2. The van der Waals surface area contributed by atoms with Gasteiger partial charge in [0.25, 0.3) is 5.56 Å². The van der Waals surface area contributed by atoms with Crippen LogP contribution in [0.2, 0.25) is 0 Å². The van der Waals surface area contributed by atoms with Gasteiger partial charge in [0.15, 0.2) is 35.1 Å². The first kappa shape index (κ1) is 30.7. The Morgan fingerprint density at radius 1 is 1.04 bits per heavy atom. The molecule has 8 heterocycles. The zero-order valence-corrected chi connectivity index (χ0v) is 26.5. The van der Waals surface area contributed by atoms with Gasteiger partial charge in [-0.1, -0.05) is 12.2 Å². The lowest BCUT2D eigenvalue weighted by Gasteiger charge is -2.34. The van der Waals surface area contributed by atoms with E-state index in [2.05, 4.69) is 42.2 Å². The van der Waals surface area contributed by atoms with Crippen LogP contribution in [0.3, 0.4) is 0 Å². The third-order valence-corrected chi connectivity index (χ3v) is 11.2. The van der Waals surface area contributed by atoms with E-state index in [0.29, 0.717) is 0 Å². The number of nitrogen functional groups attached to an aromatic ring is 2. The summed E-state index contributed by atoms with van der Waals surface area (Å²) in [5.74, 6) is -0.0487. The Hall–Kier alpha value is -2.63. The number of rotatable bonds is 2. The number of thiol groups is 1. The topological polar surface area (TPSA) is 281 Å². The number of hydrogen-bond acceptors (Lipinski definition) is 18. The normalized spacial score (nSPS) is 39.7. The summed E-state index contributed by atoms with van der Waals surface area (Å²) in [6.07, 6.45) is -4.49. The number of aliphatic hydroxyl groups is 1. The van der Waals surface area contributed by atoms with Crippen molar-refractivity contribution in [3.05, 3.63) is 29.3 Å². The van der Waals surface area contributed by atoms with E-state index in [-0.39, 0.29) is 40.7 Å². The molecule has 25 heteroatoms. The zero-order chi connectivity index (χ0) is 32.2. The molecule has 4 aromatic rings. The van der Waals surface area contributed by atoms with Crippen LogP contribution in [0.1, 0.15) is 12.5 Å². The maximum absolute atomic E-state index is 13.6. The molecule has 4 aromatic heterocycles. The van der Waals surface area contributed by atoms with Crippen LogP contribution in [0.25, 0.3) is 22.3 Å². The number of ether oxygens (including phenoxy) is 3. The molecule has 0 aliphatic carbocycles. The number of nitrogens with zero attached hydrogens (tertiary/aromatic N) is 7. The second-order valence-corrected chi connectivity index (χ2v) is 16.5. The molecule has 4 fully saturated rings. The van der Waals surface area contributed by atoms with Gasteiger partial charge < -0.3 is 40.2 Å². The minimum absolute atomic E-state index is 0.0129. The first-order chi connectivity index (χ1) is 21.8. The Bertz CT molecular complexity index is 2030. The van der Waals surface area contributed by atoms with Crippen LogP contribution < -0.4 is 17.0 Å². The van der Waals surface area contributed by atoms with Crippen molar-refractivity contribution >= 4 is 71.7 Å². The van der Waals surface area contributed by atoms with Crippen LogP contribution in [0.4, 0.5) is 11.8 Å². The Kier molecular flexibility index (Phi) is 7.13. The Morgan fingerprint density at radius 2 is 1.80 bits per heavy atom. The number of imidazole rings is 2. The fourth-order valence-electron chi connectivity index (χ4n) is 5.99. The van der Waals surface area contributed by atoms with Gasteiger partial charge in [-0.25, -0.2) is 24.5 Å². The van der Waals surface area contributed by atoms with Gasteiger partial charge in [0, 0.05) is 0 Å². The minimum Gasteiger partial charge on any atom is -0.386 e. The van der Waals surface area contributed by atoms with Crippen molar-refractivity contribution in [3.63, 3.8) is 0 Å². The Labute approximate surface area is 266 Å². The number of hydrogen-bond donors (Lipinski definition) is 6. The Balaban J connectivity index is 1.11. The monoisotopic (exact) mass is 718 g/mol. The highest BCUT2D eigenvalue weighted by Gasteiger charge is 2.65. The zero-order valence-electron chi connectivity index (χ0n) is 23.0. The largest absolute Gasteiger partial charge is 0.386 e. The van der Waals surface area contributed by atoms with Gasteiger partial charge in [-0.15, -0.1) is 0 Å². The van der Waals surface area contributed by atoms with Crippen molar-refractivity contribution in [1.82, 2.24) is 39.0 Å². The summed E-state index contributed by atoms with van der Waals surface area (Å²) >= 11 is 9.51. The molecule has 0 saturated carbocycles. The number of fused-ring (bicyclic) bond motifs is 3. The van der Waals surface area contributed by atoms with E-state index in [1.54, 1.807) is 0 Å². The van der Waals surface area contributed by atoms with Crippen LogP contribution in [0, 0.1) is 0 Å². The SMILES string of the molecule is Nc1nc2c(ncn2[C@@H]2O[C@@]34CO[C@@H]2[C@@H]3OP(O)(=S)OCC2O[C@@H](n3cnc5c(N)ncnc53)[C@H](O)[C@@H]2OP(=O)(S)OC4)c(=O)[nH]1. The van der Waals surface area contributed by atoms with E-state index in [4.69, 9.17) is 55.6 Å². The molecule has 0 aromatic carbocycles. The molecule has 8 rings (SSSR count). The van der Waals surface area contributed by atoms with Gasteiger partial charge in [-0.3, -0.25) is 32.5 Å². The lowest BCUT2D eigenvalue weighted by molar-refractivity contribution is -0.183. The molecule has 4 saturated heterocycles. The summed E-state index contributed by atoms with van der Waals surface area (Å²) in [6.45, 7) is -9.51. The maximum atomic E-state index is 13.6. The molecule has 7 N–H and O–H groups in total. The number of nitrogens with one attached hydrogen (secondary N) is 1. The molecule has 4 aliphatic heterocycles. The summed E-state index contributed by atoms with van der Waals surface area (Å²) in [5.41, 5.74) is 10.1. The molecule has 2 bridgehead atoms. The average molecular weight is 719 g/mol. The second kappa shape index (κ2) is 10.7. The molecule has 0 radical (unpaired) electrons. The van der Waals surface area contributed by atoms with Gasteiger partial charge in [0.05, 0.1) is 32.5 Å². The van der Waals surface area contributed by atoms with Crippen LogP contribution >= 0.6 is 25.8 Å². The molecule has 3 unspecified atom stereocenters. The Morgan fingerprint density at radius 3 is 2.61 bits per heavy atom. The highest BCUT2D eigenvalue weighted by atomic mass is 32.7. The number of H-pyrrole nitrogens is 1. The maximum Gasteiger partial charge on any atom is 0.386 e. The molecule has 4 aliphatic rings. The number of aliphatic hydroxyl groups excluding tert-OH is 1. The van der Waals surface area contributed by atoms with Gasteiger partial charge in [0.2, 0.25) is 5.95 Å². The quantitative estimate of drug-likeness (QED) is 0.108. The highest BCUT2D eigenvalue weighted by Crippen LogP contribution is 2.61. The fraction of sp³-hybridized carbons (Fsp3) is 0.524. The summed E-state index contributed by atoms with van der Waals surface area (Å²) in [7, 11) is 0. The van der Waals surface area contributed by atoms with Gasteiger partial charge >= 0.3 is 13.5 Å². The predicted octanol–water partition coefficient (Wildman–Crippen LogP) is -0.879. The number of aromatic nitrogens is 8. The van der Waals surface area contributed by atoms with Crippen molar-refractivity contribution in [2.24, 2.45) is 0 Å². The van der Waals surface area contributed by atoms with Crippen molar-refractivity contribution in [3.8, 4) is 0 Å². The minimum atomic E-state index is -4.29. The van der Waals surface area contributed by atoms with Crippen molar-refractivity contribution in [1.29, 1.82) is 0 Å². The summed E-state index contributed by atoms with van der Waals surface area (Å²) in [5, 5.41) is 11.3. The molecule has 0 amide bonds. The van der Waals surface area contributed by atoms with Crippen molar-refractivity contribution < 1.29 is 46.9 Å². The van der Waals surface area contributed by atoms with E-state index in [1.807, 2.05) is 0 Å². The van der Waals surface area contributed by atoms with E-state index >= 15 is 0 Å². The third-order valence-electron chi connectivity index (χ3n) is 8.04. The molecule has 246 valence electrons. The summed E-state index contributed by atoms with van der Waals surface area (Å²) in [6, 6.07) is 0. The molecular formula is C21H24N10O11P2S2. The first-order valence-corrected chi connectivity index (χ1v) is 18.7. The molecule has 21 nitrogen and oxygen atoms in total. The lowest BCUT2D eigenvalue weighted by atomic mass is 10.0. The first-order valence-electron chi connectivity index (χ1n) is 13.4. The molecule has 10 atom stereocenters. The summed E-state index contributed by atoms with van der Waals surface area (Å²) in [4.78, 5) is 46.5. The number of aromatic amines is 1. The van der Waals surface area contributed by atoms with Crippen LogP contribution in [0.5, 0.6) is 0 Å². The predicted molar refractivity (Wildman–Crippen MR) is 160 cm³/mol. The van der Waals surface area contributed by atoms with Crippen LogP contribution in [-0.4, -0.2) is 105 Å². The average Bonchev–Trinajstić information content (AvgIpc) is 3.80. The highest BCUT2D eigenvalue weighted by molar-refractivity contribution is 8.44. The smallest absolute Gasteiger partial charge is 0.386 e. The van der Waals surface area contributed by atoms with Gasteiger partial charge in [-0.05, 0) is 11.8 Å². The fourth-order valence-corrected chi connectivity index (χ4v) is 8.96. The summed E-state index contributed by atoms with van der Waals surface area (Å²) < 4.78 is 57.9. The van der Waals surface area contributed by atoms with E-state index in [1.165, 1.54) is 28.1 Å². The van der Waals surface area contributed by atoms with Gasteiger partial charge in [0.1, 0.15) is 48.0 Å². The van der Waals surface area contributed by atoms with Crippen LogP contribution in [-0.2, 0) is 48.7 Å². The molecular weight excluding hydrogens is 694 g/mol. The third kappa shape index (κ3) is 4.89. The lowest BCUT2D eigenvalue weighted by Crippen LogP contribution is -2.46. The van der Waals surface area contributed by atoms with Gasteiger partial charge in [-0.2, -0.15) is 4.98 Å². The standard InChI is InChI=1S/C21H24N10O11P2S2/c22-14-8-15(25-4-24-14)30(5-26-8)18-10(32)11-7(39-18)1-37-43(34,45)42-13-12-19(31-6-27-9-16(31)28-20(23)29-17(9)33)40-21(13,2-36-12)3-38-44(35,46)41-11/h4-7,10-13,18-19,32H,1-3H2,(H,34,45)(H,35,46)(H2,22,24,25)(H3,23,28,29,33)/t7?,10-,11-,12-,13+,18-,19-,21-,43?,44?/m1/s1. The van der Waals surface area contributed by atoms with Crippen molar-refractivity contribution in [2.75, 3.05) is 31.3 Å². The van der Waals surface area contributed by atoms with Crippen molar-refractivity contribution in [2.45, 2.75) is 48.6 Å². The number of nitrogens with two attached hydrogens (primary N) is 2. The van der Waals surface area contributed by atoms with E-state index in [0.717, 1.165) is 0 Å². The van der Waals surface area contributed by atoms with Crippen LogP contribution in [0.15, 0.2) is 23.8 Å². The molecule has 0 spiro atoms. The second-order valence-electron chi connectivity index (χ2n) is 10.9. The van der Waals surface area contributed by atoms with E-state index < -0.39 is 80.9 Å².